The summed E-state index contributed by atoms with van der Waals surface area (Å²) < 4.78 is 1.92. The minimum absolute atomic E-state index is 0.180. The summed E-state index contributed by atoms with van der Waals surface area (Å²) in [5, 5.41) is 2.99. The second kappa shape index (κ2) is 1.83. The van der Waals surface area contributed by atoms with Crippen LogP contribution in [0.5, 0.6) is 0 Å². The molecule has 0 saturated carbocycles. The molecule has 0 bridgehead atoms. The van der Waals surface area contributed by atoms with Crippen LogP contribution in [0.3, 0.4) is 0 Å². The zero-order valence-electron chi connectivity index (χ0n) is 5.37. The van der Waals surface area contributed by atoms with Crippen molar-refractivity contribution in [1.29, 1.82) is 0 Å². The maximum absolute atomic E-state index is 10.7. The van der Waals surface area contributed by atoms with E-state index in [9.17, 15) is 4.79 Å². The molecule has 52 valence electrons. The molecule has 0 unspecified atom stereocenters. The molecule has 1 aromatic rings. The molecule has 0 saturated heterocycles. The third kappa shape index (κ3) is 0.689. The van der Waals surface area contributed by atoms with E-state index < -0.39 is 0 Å². The summed E-state index contributed by atoms with van der Waals surface area (Å²) in [6.45, 7) is 1.78. The van der Waals surface area contributed by atoms with Gasteiger partial charge >= 0.3 is 0 Å². The van der Waals surface area contributed by atoms with Crippen LogP contribution >= 0.6 is 0 Å². The second-order valence-electron chi connectivity index (χ2n) is 2.21. The Hall–Kier alpha value is -1.32. The summed E-state index contributed by atoms with van der Waals surface area (Å²) in [7, 11) is 0. The van der Waals surface area contributed by atoms with Crippen LogP contribution in [0.2, 0.25) is 0 Å². The minimum atomic E-state index is -0.180. The zero-order valence-corrected chi connectivity index (χ0v) is 5.37. The summed E-state index contributed by atoms with van der Waals surface area (Å²) in [5.74, 6) is 0.688. The standard InChI is InChI=1S/C6H7N3O/c10-5-1-3-9-4-2-7-6(9)8-5/h1,3H,2,4H2,(H,7,8,10). The summed E-state index contributed by atoms with van der Waals surface area (Å²) in [6.07, 6.45) is 1.75. The Morgan fingerprint density at radius 1 is 1.70 bits per heavy atom. The molecule has 0 amide bonds. The molecule has 4 nitrogen and oxygen atoms in total. The van der Waals surface area contributed by atoms with E-state index in [4.69, 9.17) is 0 Å². The number of fused-ring (bicyclic) bond motifs is 1. The molecule has 0 spiro atoms. The fraction of sp³-hybridized carbons (Fsp3) is 0.333. The highest BCUT2D eigenvalue weighted by Crippen LogP contribution is 2.05. The van der Waals surface area contributed by atoms with E-state index in [2.05, 4.69) is 10.3 Å². The van der Waals surface area contributed by atoms with Crippen molar-refractivity contribution in [3.8, 4) is 0 Å². The topological polar surface area (TPSA) is 46.9 Å². The molecule has 1 aromatic heterocycles. The van der Waals surface area contributed by atoms with E-state index in [0.717, 1.165) is 13.1 Å². The first-order chi connectivity index (χ1) is 4.86. The van der Waals surface area contributed by atoms with Crippen LogP contribution in [0, 0.1) is 0 Å². The SMILES string of the molecule is O=c1ccn2c(n1)NCC2. The van der Waals surface area contributed by atoms with Crippen LogP contribution in [-0.4, -0.2) is 16.1 Å². The molecular formula is C6H7N3O. The zero-order chi connectivity index (χ0) is 6.97. The molecule has 2 rings (SSSR count). The number of aromatic nitrogens is 2. The Labute approximate surface area is 57.5 Å². The highest BCUT2D eigenvalue weighted by molar-refractivity contribution is 5.28. The van der Waals surface area contributed by atoms with E-state index in [0.29, 0.717) is 5.95 Å². The van der Waals surface area contributed by atoms with Crippen LogP contribution in [-0.2, 0) is 6.54 Å². The molecule has 1 N–H and O–H groups in total. The van der Waals surface area contributed by atoms with E-state index >= 15 is 0 Å². The fourth-order valence-electron chi connectivity index (χ4n) is 1.04. The number of anilines is 1. The predicted octanol–water partition coefficient (Wildman–Crippen LogP) is -0.331. The van der Waals surface area contributed by atoms with E-state index in [-0.39, 0.29) is 5.56 Å². The van der Waals surface area contributed by atoms with Crippen molar-refractivity contribution in [3.05, 3.63) is 22.6 Å². The highest BCUT2D eigenvalue weighted by Gasteiger charge is 2.07. The summed E-state index contributed by atoms with van der Waals surface area (Å²) in [6, 6.07) is 1.47. The van der Waals surface area contributed by atoms with Gasteiger partial charge in [-0.15, -0.1) is 0 Å². The average Bonchev–Trinajstić information content (AvgIpc) is 2.33. The quantitative estimate of drug-likeness (QED) is 0.532. The van der Waals surface area contributed by atoms with E-state index in [1.165, 1.54) is 6.07 Å². The predicted molar refractivity (Wildman–Crippen MR) is 37.0 cm³/mol. The molecule has 1 aliphatic heterocycles. The maximum atomic E-state index is 10.7. The van der Waals surface area contributed by atoms with Crippen molar-refractivity contribution >= 4 is 5.95 Å². The van der Waals surface area contributed by atoms with Gasteiger partial charge in [-0.3, -0.25) is 4.79 Å². The van der Waals surface area contributed by atoms with Crippen molar-refractivity contribution in [1.82, 2.24) is 9.55 Å². The number of nitrogens with zero attached hydrogens (tertiary/aromatic N) is 2. The molecule has 2 heterocycles. The first kappa shape index (κ1) is 5.46. The third-order valence-electron chi connectivity index (χ3n) is 1.52. The molecule has 0 radical (unpaired) electrons. The number of rotatable bonds is 0. The van der Waals surface area contributed by atoms with Gasteiger partial charge in [-0.1, -0.05) is 0 Å². The van der Waals surface area contributed by atoms with Crippen molar-refractivity contribution in [2.75, 3.05) is 11.9 Å². The van der Waals surface area contributed by atoms with Crippen LogP contribution in [0.25, 0.3) is 0 Å². The third-order valence-corrected chi connectivity index (χ3v) is 1.52. The highest BCUT2D eigenvalue weighted by atomic mass is 16.1. The van der Waals surface area contributed by atoms with Gasteiger partial charge in [-0.2, -0.15) is 4.98 Å². The molecule has 0 aliphatic carbocycles. The van der Waals surface area contributed by atoms with Crippen molar-refractivity contribution in [2.24, 2.45) is 0 Å². The smallest absolute Gasteiger partial charge is 0.274 e. The molecule has 10 heavy (non-hydrogen) atoms. The molecule has 1 aliphatic rings. The normalized spacial score (nSPS) is 14.4. The average molecular weight is 137 g/mol. The second-order valence-corrected chi connectivity index (χ2v) is 2.21. The van der Waals surface area contributed by atoms with Crippen LogP contribution in [0.1, 0.15) is 0 Å². The Kier molecular flexibility index (Phi) is 1.00. The van der Waals surface area contributed by atoms with E-state index in [1.54, 1.807) is 6.20 Å². The van der Waals surface area contributed by atoms with Gasteiger partial charge in [0.05, 0.1) is 0 Å². The lowest BCUT2D eigenvalue weighted by atomic mass is 10.6. The lowest BCUT2D eigenvalue weighted by molar-refractivity contribution is 0.787. The molecule has 0 fully saturated rings. The Balaban J connectivity index is 2.63. The fourth-order valence-corrected chi connectivity index (χ4v) is 1.04. The van der Waals surface area contributed by atoms with Crippen LogP contribution in [0.15, 0.2) is 17.1 Å². The summed E-state index contributed by atoms with van der Waals surface area (Å²) in [4.78, 5) is 14.4. The Morgan fingerprint density at radius 2 is 2.60 bits per heavy atom. The summed E-state index contributed by atoms with van der Waals surface area (Å²) >= 11 is 0. The van der Waals surface area contributed by atoms with Gasteiger partial charge < -0.3 is 9.88 Å². The lowest BCUT2D eigenvalue weighted by Gasteiger charge is -1.96. The molecule has 0 aromatic carbocycles. The van der Waals surface area contributed by atoms with Gasteiger partial charge in [-0.25, -0.2) is 0 Å². The van der Waals surface area contributed by atoms with Gasteiger partial charge in [0.25, 0.3) is 5.56 Å². The van der Waals surface area contributed by atoms with Crippen LogP contribution < -0.4 is 10.9 Å². The van der Waals surface area contributed by atoms with Crippen molar-refractivity contribution in [2.45, 2.75) is 6.54 Å². The number of nitrogens with one attached hydrogen (secondary N) is 1. The Bertz CT molecular complexity index is 304. The van der Waals surface area contributed by atoms with Gasteiger partial charge in [0.1, 0.15) is 0 Å². The summed E-state index contributed by atoms with van der Waals surface area (Å²) in [5.41, 5.74) is -0.180. The van der Waals surface area contributed by atoms with Gasteiger partial charge in [-0.05, 0) is 0 Å². The van der Waals surface area contributed by atoms with Crippen molar-refractivity contribution in [3.63, 3.8) is 0 Å². The minimum Gasteiger partial charge on any atom is -0.354 e. The number of hydrogen-bond donors (Lipinski definition) is 1. The van der Waals surface area contributed by atoms with Crippen molar-refractivity contribution < 1.29 is 0 Å². The monoisotopic (exact) mass is 137 g/mol. The first-order valence-corrected chi connectivity index (χ1v) is 3.17. The molecule has 4 heteroatoms. The Morgan fingerprint density at radius 3 is 3.50 bits per heavy atom. The van der Waals surface area contributed by atoms with Gasteiger partial charge in [0, 0.05) is 25.4 Å². The maximum Gasteiger partial charge on any atom is 0.274 e. The first-order valence-electron chi connectivity index (χ1n) is 3.17. The largest absolute Gasteiger partial charge is 0.354 e. The molecular weight excluding hydrogens is 130 g/mol. The van der Waals surface area contributed by atoms with Crippen LogP contribution in [0.4, 0.5) is 5.95 Å². The van der Waals surface area contributed by atoms with Gasteiger partial charge in [0.15, 0.2) is 0 Å². The number of hydrogen-bond acceptors (Lipinski definition) is 3. The lowest BCUT2D eigenvalue weighted by Crippen LogP contribution is -2.08. The van der Waals surface area contributed by atoms with E-state index in [1.807, 2.05) is 4.57 Å². The molecule has 0 atom stereocenters. The van der Waals surface area contributed by atoms with Gasteiger partial charge in [0.2, 0.25) is 5.95 Å².